The number of nitrogens with one attached hydrogen (secondary N) is 1. The summed E-state index contributed by atoms with van der Waals surface area (Å²) in [5, 5.41) is 2.90. The number of aryl methyl sites for hydroxylation is 1. The summed E-state index contributed by atoms with van der Waals surface area (Å²) < 4.78 is 1.08. The van der Waals surface area contributed by atoms with E-state index in [0.29, 0.717) is 0 Å². The van der Waals surface area contributed by atoms with Gasteiger partial charge in [0.1, 0.15) is 0 Å². The van der Waals surface area contributed by atoms with E-state index in [1.54, 1.807) is 0 Å². The number of fused-ring (bicyclic) bond motifs is 1. The van der Waals surface area contributed by atoms with Gasteiger partial charge >= 0.3 is 0 Å². The molecule has 0 radical (unpaired) electrons. The number of halogens is 2. The smallest absolute Gasteiger partial charge is 0.251 e. The second-order valence-corrected chi connectivity index (χ2v) is 7.08. The molecule has 1 atom stereocenters. The Morgan fingerprint density at radius 1 is 1.19 bits per heavy atom. The lowest BCUT2D eigenvalue weighted by atomic mass is 9.95. The lowest BCUT2D eigenvalue weighted by Gasteiger charge is -2.19. The van der Waals surface area contributed by atoms with E-state index in [2.05, 4.69) is 74.4 Å². The molecule has 1 aliphatic rings. The number of amides is 1. The molecule has 2 aromatic carbocycles. The number of carbonyl (C=O) groups is 1. The lowest BCUT2D eigenvalue weighted by molar-refractivity contribution is 0.0946. The van der Waals surface area contributed by atoms with Gasteiger partial charge in [0.2, 0.25) is 0 Å². The van der Waals surface area contributed by atoms with Crippen LogP contribution < -0.4 is 5.32 Å². The van der Waals surface area contributed by atoms with E-state index < -0.39 is 0 Å². The van der Waals surface area contributed by atoms with E-state index in [-0.39, 0.29) is 10.7 Å². The summed E-state index contributed by atoms with van der Waals surface area (Å²) in [7, 11) is 0. The molecule has 0 spiro atoms. The highest BCUT2D eigenvalue weighted by atomic mass is 79.9. The first-order chi connectivity index (χ1) is 10.1. The van der Waals surface area contributed by atoms with Gasteiger partial charge < -0.3 is 5.32 Å². The molecule has 4 heteroatoms. The number of alkyl halides is 1. The Kier molecular flexibility index (Phi) is 4.18. The predicted molar refractivity (Wildman–Crippen MR) is 92.1 cm³/mol. The van der Waals surface area contributed by atoms with Crippen molar-refractivity contribution in [3.63, 3.8) is 0 Å². The second kappa shape index (κ2) is 5.93. The molecule has 0 saturated heterocycles. The highest BCUT2D eigenvalue weighted by Crippen LogP contribution is 2.36. The minimum atomic E-state index is 0.0285. The van der Waals surface area contributed by atoms with E-state index in [4.69, 9.17) is 0 Å². The maximum atomic E-state index is 12.0. The molecular weight excluding hydrogens is 394 g/mol. The maximum absolute atomic E-state index is 12.0. The molecular formula is C17H15Br2NO. The molecule has 0 saturated carbocycles. The maximum Gasteiger partial charge on any atom is 0.251 e. The van der Waals surface area contributed by atoms with Crippen LogP contribution in [0.1, 0.15) is 37.4 Å². The topological polar surface area (TPSA) is 29.1 Å². The molecule has 0 bridgehead atoms. The third-order valence-corrected chi connectivity index (χ3v) is 5.49. The molecule has 108 valence electrons. The van der Waals surface area contributed by atoms with Crippen molar-refractivity contribution in [1.29, 1.82) is 0 Å². The van der Waals surface area contributed by atoms with Gasteiger partial charge in [-0.05, 0) is 47.7 Å². The molecule has 1 N–H and O–H groups in total. The van der Waals surface area contributed by atoms with Crippen molar-refractivity contribution in [3.8, 4) is 0 Å². The van der Waals surface area contributed by atoms with E-state index in [0.717, 1.165) is 39.7 Å². The van der Waals surface area contributed by atoms with Gasteiger partial charge in [-0.2, -0.15) is 0 Å². The molecule has 3 rings (SSSR count). The lowest BCUT2D eigenvalue weighted by Crippen LogP contribution is -2.31. The highest BCUT2D eigenvalue weighted by molar-refractivity contribution is 9.11. The van der Waals surface area contributed by atoms with Crippen LogP contribution in [0.15, 0.2) is 40.9 Å². The highest BCUT2D eigenvalue weighted by Gasteiger charge is 2.20. The van der Waals surface area contributed by atoms with Crippen molar-refractivity contribution < 1.29 is 4.79 Å². The first kappa shape index (κ1) is 14.8. The zero-order chi connectivity index (χ0) is 15.0. The minimum absolute atomic E-state index is 0.0285. The Balaban J connectivity index is 2.00. The van der Waals surface area contributed by atoms with Gasteiger partial charge in [0, 0.05) is 16.6 Å². The van der Waals surface area contributed by atoms with Gasteiger partial charge in [-0.3, -0.25) is 4.79 Å². The summed E-state index contributed by atoms with van der Waals surface area (Å²) in [6.45, 7) is 2.80. The van der Waals surface area contributed by atoms with Crippen LogP contribution in [0.25, 0.3) is 0 Å². The normalized spacial score (nSPS) is 15.3. The molecule has 1 amide bonds. The van der Waals surface area contributed by atoms with Gasteiger partial charge in [0.05, 0.1) is 4.83 Å². The molecule has 21 heavy (non-hydrogen) atoms. The number of hydrogen-bond donors (Lipinski definition) is 1. The SMILES string of the molecule is Cc1ccc(C(Br)c2ccc3c(c2)C(=O)NCC3)c(Br)c1. The van der Waals surface area contributed by atoms with Gasteiger partial charge in [-0.15, -0.1) is 0 Å². The third-order valence-electron chi connectivity index (χ3n) is 3.78. The zero-order valence-electron chi connectivity index (χ0n) is 11.6. The van der Waals surface area contributed by atoms with Gasteiger partial charge in [0.15, 0.2) is 0 Å². The minimum Gasteiger partial charge on any atom is -0.352 e. The van der Waals surface area contributed by atoms with Gasteiger partial charge in [-0.1, -0.05) is 56.1 Å². The Labute approximate surface area is 141 Å². The average Bonchev–Trinajstić information content (AvgIpc) is 2.47. The Morgan fingerprint density at radius 2 is 2.00 bits per heavy atom. The van der Waals surface area contributed by atoms with Crippen molar-refractivity contribution in [3.05, 3.63) is 68.7 Å². The summed E-state index contributed by atoms with van der Waals surface area (Å²) in [4.78, 5) is 12.0. The van der Waals surface area contributed by atoms with E-state index >= 15 is 0 Å². The summed E-state index contributed by atoms with van der Waals surface area (Å²) in [5.41, 5.74) is 5.40. The van der Waals surface area contributed by atoms with E-state index in [1.165, 1.54) is 5.56 Å². The number of hydrogen-bond acceptors (Lipinski definition) is 1. The van der Waals surface area contributed by atoms with Crippen molar-refractivity contribution in [2.45, 2.75) is 18.2 Å². The summed E-state index contributed by atoms with van der Waals surface area (Å²) in [6.07, 6.45) is 0.905. The standard InChI is InChI=1S/C17H15Br2NO/c1-10-2-5-13(15(18)8-10)16(19)12-4-3-11-6-7-20-17(21)14(11)9-12/h2-5,8-9,16H,6-7H2,1H3,(H,20,21). The first-order valence-electron chi connectivity index (χ1n) is 6.87. The van der Waals surface area contributed by atoms with Crippen LogP contribution in [0, 0.1) is 6.92 Å². The fourth-order valence-corrected chi connectivity index (χ4v) is 4.32. The Morgan fingerprint density at radius 3 is 2.76 bits per heavy atom. The third kappa shape index (κ3) is 2.92. The second-order valence-electron chi connectivity index (χ2n) is 5.31. The summed E-state index contributed by atoms with van der Waals surface area (Å²) in [6, 6.07) is 12.5. The van der Waals surface area contributed by atoms with Gasteiger partial charge in [-0.25, -0.2) is 0 Å². The van der Waals surface area contributed by atoms with Crippen LogP contribution in [-0.4, -0.2) is 12.5 Å². The van der Waals surface area contributed by atoms with Crippen molar-refractivity contribution >= 4 is 37.8 Å². The van der Waals surface area contributed by atoms with Crippen LogP contribution >= 0.6 is 31.9 Å². The zero-order valence-corrected chi connectivity index (χ0v) is 14.8. The van der Waals surface area contributed by atoms with Crippen LogP contribution in [0.5, 0.6) is 0 Å². The Bertz CT molecular complexity index is 712. The van der Waals surface area contributed by atoms with Crippen LogP contribution in [0.3, 0.4) is 0 Å². The summed E-state index contributed by atoms with van der Waals surface area (Å²) in [5.74, 6) is 0.0285. The van der Waals surface area contributed by atoms with Gasteiger partial charge in [0.25, 0.3) is 5.91 Å². The van der Waals surface area contributed by atoms with Crippen LogP contribution in [-0.2, 0) is 6.42 Å². The number of carbonyl (C=O) groups excluding carboxylic acids is 1. The summed E-state index contributed by atoms with van der Waals surface area (Å²) >= 11 is 7.38. The molecule has 2 aromatic rings. The molecule has 0 aromatic heterocycles. The molecule has 1 aliphatic heterocycles. The molecule has 0 aliphatic carbocycles. The van der Waals surface area contributed by atoms with E-state index in [1.807, 2.05) is 6.07 Å². The van der Waals surface area contributed by atoms with Crippen LogP contribution in [0.2, 0.25) is 0 Å². The number of benzene rings is 2. The van der Waals surface area contributed by atoms with Crippen molar-refractivity contribution in [1.82, 2.24) is 5.32 Å². The van der Waals surface area contributed by atoms with Crippen LogP contribution in [0.4, 0.5) is 0 Å². The van der Waals surface area contributed by atoms with E-state index in [9.17, 15) is 4.79 Å². The predicted octanol–water partition coefficient (Wildman–Crippen LogP) is 4.53. The largest absolute Gasteiger partial charge is 0.352 e. The van der Waals surface area contributed by atoms with Crippen molar-refractivity contribution in [2.24, 2.45) is 0 Å². The number of rotatable bonds is 2. The fraction of sp³-hybridized carbons (Fsp3) is 0.235. The monoisotopic (exact) mass is 407 g/mol. The molecule has 1 unspecified atom stereocenters. The molecule has 0 fully saturated rings. The fourth-order valence-electron chi connectivity index (χ4n) is 2.60. The molecule has 2 nitrogen and oxygen atoms in total. The average molecular weight is 409 g/mol. The van der Waals surface area contributed by atoms with Crippen molar-refractivity contribution in [2.75, 3.05) is 6.54 Å². The first-order valence-corrected chi connectivity index (χ1v) is 8.58. The quantitative estimate of drug-likeness (QED) is 0.726. The molecule has 1 heterocycles. The Hall–Kier alpha value is -1.13.